The Kier molecular flexibility index (Phi) is 5.43. The number of rotatable bonds is 6. The molecule has 6 nitrogen and oxygen atoms in total. The molecule has 0 aliphatic rings. The van der Waals surface area contributed by atoms with Gasteiger partial charge < -0.3 is 14.8 Å². The normalized spacial score (nSPS) is 10.4. The third-order valence-corrected chi connectivity index (χ3v) is 4.17. The van der Waals surface area contributed by atoms with Gasteiger partial charge in [0.05, 0.1) is 31.7 Å². The van der Waals surface area contributed by atoms with E-state index in [9.17, 15) is 4.79 Å². The molecule has 1 amide bonds. The highest BCUT2D eigenvalue weighted by Gasteiger charge is 2.15. The van der Waals surface area contributed by atoms with Crippen molar-refractivity contribution in [3.63, 3.8) is 0 Å². The molecule has 0 saturated heterocycles. The molecule has 26 heavy (non-hydrogen) atoms. The van der Waals surface area contributed by atoms with Crippen molar-refractivity contribution in [2.24, 2.45) is 0 Å². The number of benzene rings is 2. The minimum atomic E-state index is -0.224. The summed E-state index contributed by atoms with van der Waals surface area (Å²) in [5.41, 5.74) is 2.84. The summed E-state index contributed by atoms with van der Waals surface area (Å²) in [6.45, 7) is 0.352. The van der Waals surface area contributed by atoms with Gasteiger partial charge in [-0.15, -0.1) is 0 Å². The van der Waals surface area contributed by atoms with Crippen molar-refractivity contribution in [1.82, 2.24) is 15.5 Å². The topological polar surface area (TPSA) is 76.2 Å². The summed E-state index contributed by atoms with van der Waals surface area (Å²) in [4.78, 5) is 12.6. The Morgan fingerprint density at radius 1 is 1.12 bits per heavy atom. The molecule has 1 heterocycles. The molecular weight excluding hydrogens is 354 g/mol. The van der Waals surface area contributed by atoms with Crippen molar-refractivity contribution in [2.75, 3.05) is 14.2 Å². The Morgan fingerprint density at radius 3 is 2.54 bits per heavy atom. The molecule has 0 spiro atoms. The molecule has 3 aromatic rings. The Hall–Kier alpha value is -2.99. The number of carbonyl (C=O) groups is 1. The number of hydrogen-bond acceptors (Lipinski definition) is 4. The van der Waals surface area contributed by atoms with Crippen LogP contribution in [0.2, 0.25) is 5.02 Å². The molecule has 2 N–H and O–H groups in total. The van der Waals surface area contributed by atoms with Gasteiger partial charge in [0.15, 0.2) is 11.5 Å². The monoisotopic (exact) mass is 371 g/mol. The molecule has 3 rings (SSSR count). The van der Waals surface area contributed by atoms with Gasteiger partial charge in [-0.2, -0.15) is 5.10 Å². The quantitative estimate of drug-likeness (QED) is 0.693. The van der Waals surface area contributed by atoms with E-state index in [4.69, 9.17) is 21.1 Å². The maximum Gasteiger partial charge on any atom is 0.255 e. The number of methoxy groups -OCH3 is 2. The van der Waals surface area contributed by atoms with Crippen molar-refractivity contribution in [3.05, 3.63) is 64.8 Å². The van der Waals surface area contributed by atoms with Crippen molar-refractivity contribution in [3.8, 4) is 22.8 Å². The smallest absolute Gasteiger partial charge is 0.255 e. The number of hydrogen-bond donors (Lipinski definition) is 2. The first-order chi connectivity index (χ1) is 12.6. The Balaban J connectivity index is 1.74. The number of ether oxygens (including phenoxy) is 2. The number of aromatic nitrogens is 2. The van der Waals surface area contributed by atoms with Crippen LogP contribution in [0.15, 0.2) is 48.7 Å². The van der Waals surface area contributed by atoms with Gasteiger partial charge in [0.25, 0.3) is 5.91 Å². The van der Waals surface area contributed by atoms with Crippen molar-refractivity contribution in [2.45, 2.75) is 6.54 Å². The van der Waals surface area contributed by atoms with Gasteiger partial charge in [-0.1, -0.05) is 29.8 Å². The SMILES string of the molecule is COc1ccc(CNC(=O)c2cn[nH]c2-c2ccc(Cl)cc2)cc1OC. The first-order valence-corrected chi connectivity index (χ1v) is 8.28. The van der Waals surface area contributed by atoms with Crippen LogP contribution in [0, 0.1) is 0 Å². The predicted octanol–water partition coefficient (Wildman–Crippen LogP) is 3.68. The van der Waals surface area contributed by atoms with E-state index in [2.05, 4.69) is 15.5 Å². The fourth-order valence-electron chi connectivity index (χ4n) is 2.56. The molecular formula is C19H18ClN3O3. The highest BCUT2D eigenvalue weighted by molar-refractivity contribution is 6.30. The van der Waals surface area contributed by atoms with E-state index in [1.165, 1.54) is 6.20 Å². The summed E-state index contributed by atoms with van der Waals surface area (Å²) in [5.74, 6) is 1.03. The van der Waals surface area contributed by atoms with E-state index < -0.39 is 0 Å². The highest BCUT2D eigenvalue weighted by atomic mass is 35.5. The Bertz CT molecular complexity index is 907. The van der Waals surface area contributed by atoms with Gasteiger partial charge in [-0.05, 0) is 29.8 Å². The van der Waals surface area contributed by atoms with E-state index >= 15 is 0 Å². The number of nitrogens with zero attached hydrogens (tertiary/aromatic N) is 1. The number of amides is 1. The zero-order valence-electron chi connectivity index (χ0n) is 14.4. The summed E-state index contributed by atoms with van der Waals surface area (Å²) in [5, 5.41) is 10.4. The fourth-order valence-corrected chi connectivity index (χ4v) is 2.69. The number of aromatic amines is 1. The molecule has 0 unspecified atom stereocenters. The van der Waals surface area contributed by atoms with Crippen LogP contribution in [0.25, 0.3) is 11.3 Å². The third kappa shape index (κ3) is 3.81. The van der Waals surface area contributed by atoms with Crippen LogP contribution in [-0.4, -0.2) is 30.3 Å². The van der Waals surface area contributed by atoms with Crippen molar-refractivity contribution < 1.29 is 14.3 Å². The van der Waals surface area contributed by atoms with Gasteiger partial charge in [-0.25, -0.2) is 0 Å². The van der Waals surface area contributed by atoms with E-state index in [0.29, 0.717) is 34.3 Å². The van der Waals surface area contributed by atoms with Gasteiger partial charge in [0.1, 0.15) is 0 Å². The number of nitrogens with one attached hydrogen (secondary N) is 2. The average Bonchev–Trinajstić information content (AvgIpc) is 3.16. The molecule has 0 fully saturated rings. The minimum Gasteiger partial charge on any atom is -0.493 e. The molecule has 0 saturated carbocycles. The van der Waals surface area contributed by atoms with Gasteiger partial charge >= 0.3 is 0 Å². The lowest BCUT2D eigenvalue weighted by atomic mass is 10.1. The molecule has 0 atom stereocenters. The van der Waals surface area contributed by atoms with Crippen LogP contribution in [0.5, 0.6) is 11.5 Å². The van der Waals surface area contributed by atoms with Crippen LogP contribution >= 0.6 is 11.6 Å². The molecule has 7 heteroatoms. The lowest BCUT2D eigenvalue weighted by Crippen LogP contribution is -2.23. The summed E-state index contributed by atoms with van der Waals surface area (Å²) in [7, 11) is 3.15. The van der Waals surface area contributed by atoms with Crippen LogP contribution in [0.3, 0.4) is 0 Å². The zero-order valence-corrected chi connectivity index (χ0v) is 15.1. The highest BCUT2D eigenvalue weighted by Crippen LogP contribution is 2.27. The molecule has 0 aliphatic heterocycles. The second kappa shape index (κ2) is 7.93. The van der Waals surface area contributed by atoms with E-state index in [1.807, 2.05) is 24.3 Å². The Morgan fingerprint density at radius 2 is 1.85 bits per heavy atom. The van der Waals surface area contributed by atoms with Gasteiger partial charge in [0, 0.05) is 17.1 Å². The fraction of sp³-hybridized carbons (Fsp3) is 0.158. The summed E-state index contributed by atoms with van der Waals surface area (Å²) in [6.07, 6.45) is 1.51. The van der Waals surface area contributed by atoms with Crippen LogP contribution in [0.1, 0.15) is 15.9 Å². The second-order valence-corrected chi connectivity index (χ2v) is 5.97. The van der Waals surface area contributed by atoms with E-state index in [1.54, 1.807) is 32.4 Å². The predicted molar refractivity (Wildman–Crippen MR) is 99.7 cm³/mol. The molecule has 0 aliphatic carbocycles. The number of halogens is 1. The van der Waals surface area contributed by atoms with E-state index in [0.717, 1.165) is 11.1 Å². The molecule has 0 radical (unpaired) electrons. The van der Waals surface area contributed by atoms with Gasteiger partial charge in [-0.3, -0.25) is 9.89 Å². The first kappa shape index (κ1) is 17.8. The lowest BCUT2D eigenvalue weighted by molar-refractivity contribution is 0.0951. The molecule has 134 valence electrons. The standard InChI is InChI=1S/C19H18ClN3O3/c1-25-16-8-3-12(9-17(16)26-2)10-21-19(24)15-11-22-23-18(15)13-4-6-14(20)7-5-13/h3-9,11H,10H2,1-2H3,(H,21,24)(H,22,23). The summed E-state index contributed by atoms with van der Waals surface area (Å²) in [6, 6.07) is 12.7. The lowest BCUT2D eigenvalue weighted by Gasteiger charge is -2.10. The summed E-state index contributed by atoms with van der Waals surface area (Å²) < 4.78 is 10.5. The average molecular weight is 372 g/mol. The maximum absolute atomic E-state index is 12.6. The van der Waals surface area contributed by atoms with Crippen LogP contribution in [-0.2, 0) is 6.54 Å². The minimum absolute atomic E-state index is 0.224. The molecule has 1 aromatic heterocycles. The van der Waals surface area contributed by atoms with Crippen LogP contribution in [0.4, 0.5) is 0 Å². The van der Waals surface area contributed by atoms with Crippen LogP contribution < -0.4 is 14.8 Å². The van der Waals surface area contributed by atoms with E-state index in [-0.39, 0.29) is 5.91 Å². The number of carbonyl (C=O) groups excluding carboxylic acids is 1. The van der Waals surface area contributed by atoms with Crippen molar-refractivity contribution in [1.29, 1.82) is 0 Å². The third-order valence-electron chi connectivity index (χ3n) is 3.92. The summed E-state index contributed by atoms with van der Waals surface area (Å²) >= 11 is 5.91. The van der Waals surface area contributed by atoms with Crippen molar-refractivity contribution >= 4 is 17.5 Å². The first-order valence-electron chi connectivity index (χ1n) is 7.90. The zero-order chi connectivity index (χ0) is 18.5. The maximum atomic E-state index is 12.6. The second-order valence-electron chi connectivity index (χ2n) is 5.54. The number of H-pyrrole nitrogens is 1. The molecule has 0 bridgehead atoms. The largest absolute Gasteiger partial charge is 0.493 e. The Labute approximate surface area is 156 Å². The van der Waals surface area contributed by atoms with Gasteiger partial charge in [0.2, 0.25) is 0 Å². The molecule has 2 aromatic carbocycles.